The minimum Gasteiger partial charge on any atom is -0.508 e. The molecule has 2 aromatic carbocycles. The zero-order valence-corrected chi connectivity index (χ0v) is 11.0. The number of rotatable bonds is 1. The molecule has 1 unspecified atom stereocenters. The first-order chi connectivity index (χ1) is 9.56. The Hall–Kier alpha value is -2.49. The van der Waals surface area contributed by atoms with Gasteiger partial charge < -0.3 is 14.9 Å². The van der Waals surface area contributed by atoms with E-state index >= 15 is 0 Å². The smallest absolute Gasteiger partial charge is 0.181 e. The summed E-state index contributed by atoms with van der Waals surface area (Å²) in [5, 5.41) is 19.3. The van der Waals surface area contributed by atoms with Crippen molar-refractivity contribution in [2.75, 3.05) is 6.61 Å². The molecule has 4 nitrogen and oxygen atoms in total. The average Bonchev–Trinajstić information content (AvgIpc) is 2.39. The summed E-state index contributed by atoms with van der Waals surface area (Å²) < 4.78 is 5.61. The third kappa shape index (κ3) is 1.99. The zero-order chi connectivity index (χ0) is 14.3. The number of benzene rings is 2. The molecule has 1 atom stereocenters. The second-order valence-electron chi connectivity index (χ2n) is 4.98. The van der Waals surface area contributed by atoms with Crippen LogP contribution in [0.5, 0.6) is 17.2 Å². The number of hydrogen-bond acceptors (Lipinski definition) is 4. The molecule has 4 heteroatoms. The number of fused-ring (bicyclic) bond motifs is 1. The van der Waals surface area contributed by atoms with Gasteiger partial charge in [0.15, 0.2) is 5.78 Å². The largest absolute Gasteiger partial charge is 0.508 e. The fourth-order valence-corrected chi connectivity index (χ4v) is 2.47. The third-order valence-corrected chi connectivity index (χ3v) is 3.49. The Kier molecular flexibility index (Phi) is 2.86. The monoisotopic (exact) mass is 270 g/mol. The van der Waals surface area contributed by atoms with Crippen LogP contribution in [-0.2, 0) is 0 Å². The maximum absolute atomic E-state index is 12.5. The van der Waals surface area contributed by atoms with Gasteiger partial charge in [0.2, 0.25) is 0 Å². The van der Waals surface area contributed by atoms with E-state index in [1.165, 1.54) is 12.1 Å². The van der Waals surface area contributed by atoms with Crippen LogP contribution in [-0.4, -0.2) is 22.6 Å². The molecule has 0 amide bonds. The molecule has 3 rings (SSSR count). The number of phenols is 2. The van der Waals surface area contributed by atoms with E-state index in [4.69, 9.17) is 4.74 Å². The minimum absolute atomic E-state index is 0.0477. The Morgan fingerprint density at radius 3 is 2.55 bits per heavy atom. The molecule has 0 aliphatic carbocycles. The number of aryl methyl sites for hydroxylation is 1. The standard InChI is InChI=1S/C16H14O4/c1-9-6-13(18)15-14(7-9)20-8-12(16(15)19)10-2-4-11(17)5-3-10/h2-7,12,17-18H,8H2,1H3. The van der Waals surface area contributed by atoms with Gasteiger partial charge >= 0.3 is 0 Å². The fourth-order valence-electron chi connectivity index (χ4n) is 2.47. The van der Waals surface area contributed by atoms with E-state index in [0.29, 0.717) is 5.75 Å². The van der Waals surface area contributed by atoms with Crippen LogP contribution in [0.4, 0.5) is 0 Å². The number of phenolic OH excluding ortho intramolecular Hbond substituents is 2. The molecular weight excluding hydrogens is 256 g/mol. The molecule has 0 bridgehead atoms. The molecule has 0 aromatic heterocycles. The van der Waals surface area contributed by atoms with E-state index in [2.05, 4.69) is 0 Å². The van der Waals surface area contributed by atoms with Crippen molar-refractivity contribution in [3.63, 3.8) is 0 Å². The summed E-state index contributed by atoms with van der Waals surface area (Å²) in [6, 6.07) is 9.76. The van der Waals surface area contributed by atoms with Crippen LogP contribution >= 0.6 is 0 Å². The van der Waals surface area contributed by atoms with Gasteiger partial charge in [-0.15, -0.1) is 0 Å². The third-order valence-electron chi connectivity index (χ3n) is 3.49. The van der Waals surface area contributed by atoms with Crippen LogP contribution in [0, 0.1) is 6.92 Å². The molecule has 1 heterocycles. The molecule has 0 spiro atoms. The molecule has 102 valence electrons. The predicted octanol–water partition coefficient (Wildman–Crippen LogP) is 2.77. The van der Waals surface area contributed by atoms with Crippen molar-refractivity contribution in [1.29, 1.82) is 0 Å². The Bertz CT molecular complexity index is 674. The first kappa shape index (κ1) is 12.5. The summed E-state index contributed by atoms with van der Waals surface area (Å²) in [4.78, 5) is 12.5. The van der Waals surface area contributed by atoms with Gasteiger partial charge in [-0.2, -0.15) is 0 Å². The average molecular weight is 270 g/mol. The summed E-state index contributed by atoms with van der Waals surface area (Å²) in [5.74, 6) is -0.0843. The van der Waals surface area contributed by atoms with Crippen LogP contribution < -0.4 is 4.74 Å². The molecule has 1 aliphatic rings. The van der Waals surface area contributed by atoms with Crippen molar-refractivity contribution in [2.24, 2.45) is 0 Å². The second kappa shape index (κ2) is 4.56. The molecule has 20 heavy (non-hydrogen) atoms. The number of ether oxygens (including phenoxy) is 1. The van der Waals surface area contributed by atoms with Crippen molar-refractivity contribution in [3.05, 3.63) is 53.1 Å². The van der Waals surface area contributed by atoms with Crippen LogP contribution in [0.3, 0.4) is 0 Å². The lowest BCUT2D eigenvalue weighted by atomic mass is 9.88. The van der Waals surface area contributed by atoms with Crippen molar-refractivity contribution >= 4 is 5.78 Å². The topological polar surface area (TPSA) is 66.8 Å². The lowest BCUT2D eigenvalue weighted by Gasteiger charge is -2.25. The number of carbonyl (C=O) groups is 1. The van der Waals surface area contributed by atoms with Crippen LogP contribution in [0.25, 0.3) is 0 Å². The van der Waals surface area contributed by atoms with E-state index in [9.17, 15) is 15.0 Å². The fraction of sp³-hybridized carbons (Fsp3) is 0.188. The maximum Gasteiger partial charge on any atom is 0.181 e. The molecule has 0 radical (unpaired) electrons. The summed E-state index contributed by atoms with van der Waals surface area (Å²) in [5.41, 5.74) is 1.84. The van der Waals surface area contributed by atoms with Crippen molar-refractivity contribution in [2.45, 2.75) is 12.8 Å². The van der Waals surface area contributed by atoms with E-state index in [0.717, 1.165) is 11.1 Å². The van der Waals surface area contributed by atoms with E-state index in [1.54, 1.807) is 24.3 Å². The Balaban J connectivity index is 2.03. The highest BCUT2D eigenvalue weighted by Gasteiger charge is 2.32. The SMILES string of the molecule is Cc1cc(O)c2c(c1)OCC(c1ccc(O)cc1)C2=O. The molecule has 2 N–H and O–H groups in total. The minimum atomic E-state index is -0.461. The first-order valence-electron chi connectivity index (χ1n) is 6.36. The summed E-state index contributed by atoms with van der Waals surface area (Å²) in [6.45, 7) is 2.07. The van der Waals surface area contributed by atoms with Crippen molar-refractivity contribution < 1.29 is 19.7 Å². The summed E-state index contributed by atoms with van der Waals surface area (Å²) in [7, 11) is 0. The van der Waals surface area contributed by atoms with Gasteiger partial charge in [-0.25, -0.2) is 0 Å². The highest BCUT2D eigenvalue weighted by atomic mass is 16.5. The lowest BCUT2D eigenvalue weighted by Crippen LogP contribution is -2.26. The second-order valence-corrected chi connectivity index (χ2v) is 4.98. The molecule has 0 saturated carbocycles. The predicted molar refractivity (Wildman–Crippen MR) is 73.5 cm³/mol. The normalized spacial score (nSPS) is 17.4. The van der Waals surface area contributed by atoms with Crippen LogP contribution in [0.15, 0.2) is 36.4 Å². The van der Waals surface area contributed by atoms with Crippen LogP contribution in [0.2, 0.25) is 0 Å². The highest BCUT2D eigenvalue weighted by molar-refractivity contribution is 6.06. The number of hydrogen-bond donors (Lipinski definition) is 2. The molecular formula is C16H14O4. The van der Waals surface area contributed by atoms with E-state index in [-0.39, 0.29) is 29.5 Å². The summed E-state index contributed by atoms with van der Waals surface area (Å²) >= 11 is 0. The number of carbonyl (C=O) groups excluding carboxylic acids is 1. The Morgan fingerprint density at radius 2 is 1.85 bits per heavy atom. The Morgan fingerprint density at radius 1 is 1.15 bits per heavy atom. The number of Topliss-reactive ketones (excluding diaryl/α,β-unsaturated/α-hetero) is 1. The zero-order valence-electron chi connectivity index (χ0n) is 11.0. The highest BCUT2D eigenvalue weighted by Crippen LogP contribution is 2.38. The molecule has 2 aromatic rings. The molecule has 0 fully saturated rings. The molecule has 1 aliphatic heterocycles. The van der Waals surface area contributed by atoms with Gasteiger partial charge in [0.05, 0.1) is 5.92 Å². The van der Waals surface area contributed by atoms with E-state index in [1.807, 2.05) is 6.92 Å². The first-order valence-corrected chi connectivity index (χ1v) is 6.36. The van der Waals surface area contributed by atoms with Gasteiger partial charge in [-0.3, -0.25) is 4.79 Å². The van der Waals surface area contributed by atoms with Gasteiger partial charge in [-0.1, -0.05) is 12.1 Å². The summed E-state index contributed by atoms with van der Waals surface area (Å²) in [6.07, 6.45) is 0. The maximum atomic E-state index is 12.5. The quantitative estimate of drug-likeness (QED) is 0.836. The van der Waals surface area contributed by atoms with Crippen molar-refractivity contribution in [1.82, 2.24) is 0 Å². The Labute approximate surface area is 116 Å². The van der Waals surface area contributed by atoms with Gasteiger partial charge in [0.25, 0.3) is 0 Å². The van der Waals surface area contributed by atoms with E-state index < -0.39 is 5.92 Å². The number of aromatic hydroxyl groups is 2. The van der Waals surface area contributed by atoms with Crippen molar-refractivity contribution in [3.8, 4) is 17.2 Å². The van der Waals surface area contributed by atoms with Crippen LogP contribution in [0.1, 0.15) is 27.4 Å². The van der Waals surface area contributed by atoms with Gasteiger partial charge in [-0.05, 0) is 42.3 Å². The van der Waals surface area contributed by atoms with Gasteiger partial charge in [0, 0.05) is 0 Å². The molecule has 0 saturated heterocycles. The lowest BCUT2D eigenvalue weighted by molar-refractivity contribution is 0.0892. The number of ketones is 1. The van der Waals surface area contributed by atoms with Gasteiger partial charge in [0.1, 0.15) is 29.4 Å².